The van der Waals surface area contributed by atoms with Crippen LogP contribution in [-0.4, -0.2) is 23.2 Å². The van der Waals surface area contributed by atoms with Crippen LogP contribution in [-0.2, 0) is 6.54 Å². The summed E-state index contributed by atoms with van der Waals surface area (Å²) >= 11 is 1.08. The third-order valence-corrected chi connectivity index (χ3v) is 3.40. The summed E-state index contributed by atoms with van der Waals surface area (Å²) in [6.45, 7) is 0.381. The van der Waals surface area contributed by atoms with Gasteiger partial charge in [0.15, 0.2) is 0 Å². The van der Waals surface area contributed by atoms with Crippen molar-refractivity contribution in [1.29, 1.82) is 5.26 Å². The van der Waals surface area contributed by atoms with Gasteiger partial charge in [0, 0.05) is 11.4 Å². The molecule has 0 aliphatic heterocycles. The number of carbonyl (C=O) groups is 1. The second kappa shape index (κ2) is 6.04. The van der Waals surface area contributed by atoms with Crippen molar-refractivity contribution in [2.75, 3.05) is 12.4 Å². The van der Waals surface area contributed by atoms with Gasteiger partial charge >= 0.3 is 5.97 Å². The van der Waals surface area contributed by atoms with Crippen LogP contribution < -0.4 is 10.1 Å². The number of nitriles is 1. The predicted octanol–water partition coefficient (Wildman–Crippen LogP) is 2.33. The van der Waals surface area contributed by atoms with Crippen molar-refractivity contribution >= 4 is 23.0 Å². The number of ether oxygens (including phenoxy) is 1. The van der Waals surface area contributed by atoms with Gasteiger partial charge in [0.25, 0.3) is 0 Å². The van der Waals surface area contributed by atoms with Crippen molar-refractivity contribution in [3.05, 3.63) is 39.8 Å². The molecule has 0 bridgehead atoms. The lowest BCUT2D eigenvalue weighted by molar-refractivity contribution is 0.0696. The maximum absolute atomic E-state index is 10.7. The lowest BCUT2D eigenvalue weighted by Gasteiger charge is -2.10. The molecule has 2 N–H and O–H groups in total. The highest BCUT2D eigenvalue weighted by Gasteiger charge is 2.09. The van der Waals surface area contributed by atoms with Gasteiger partial charge in [0.05, 0.1) is 36.7 Å². The minimum Gasteiger partial charge on any atom is -0.495 e. The van der Waals surface area contributed by atoms with E-state index in [-0.39, 0.29) is 5.01 Å². The molecule has 1 heterocycles. The van der Waals surface area contributed by atoms with E-state index in [1.807, 2.05) is 6.07 Å². The molecule has 2 rings (SSSR count). The third kappa shape index (κ3) is 3.05. The maximum atomic E-state index is 10.7. The fourth-order valence-corrected chi connectivity index (χ4v) is 2.23. The first-order chi connectivity index (χ1) is 9.63. The first-order valence-corrected chi connectivity index (χ1v) is 6.51. The Morgan fingerprint density at radius 1 is 1.60 bits per heavy atom. The summed E-state index contributed by atoms with van der Waals surface area (Å²) in [5.74, 6) is -0.477. The summed E-state index contributed by atoms with van der Waals surface area (Å²) < 4.78 is 5.19. The van der Waals surface area contributed by atoms with Gasteiger partial charge in [0.1, 0.15) is 5.75 Å². The Bertz CT molecular complexity index is 676. The zero-order valence-corrected chi connectivity index (χ0v) is 11.4. The number of carboxylic acid groups (broad SMARTS) is 1. The van der Waals surface area contributed by atoms with Crippen LogP contribution in [0.5, 0.6) is 5.75 Å². The molecule has 0 radical (unpaired) electrons. The molecule has 0 aliphatic rings. The molecule has 0 saturated carbocycles. The number of aromatic nitrogens is 1. The van der Waals surface area contributed by atoms with Gasteiger partial charge in [-0.15, -0.1) is 11.3 Å². The summed E-state index contributed by atoms with van der Waals surface area (Å²) in [6.07, 6.45) is 0. The quantitative estimate of drug-likeness (QED) is 0.877. The minimum absolute atomic E-state index is 0.0635. The average Bonchev–Trinajstić information content (AvgIpc) is 2.94. The molecule has 0 atom stereocenters. The summed E-state index contributed by atoms with van der Waals surface area (Å²) in [7, 11) is 1.52. The van der Waals surface area contributed by atoms with Crippen molar-refractivity contribution in [2.45, 2.75) is 6.54 Å². The second-order valence-corrected chi connectivity index (χ2v) is 4.69. The molecule has 102 valence electrons. The zero-order valence-electron chi connectivity index (χ0n) is 10.6. The molecule has 0 aliphatic carbocycles. The Labute approximate surface area is 119 Å². The molecule has 0 spiro atoms. The minimum atomic E-state index is -1.03. The number of benzene rings is 1. The summed E-state index contributed by atoms with van der Waals surface area (Å²) in [5, 5.41) is 22.5. The number of hydrogen-bond acceptors (Lipinski definition) is 6. The van der Waals surface area contributed by atoms with Crippen LogP contribution in [0, 0.1) is 11.3 Å². The van der Waals surface area contributed by atoms with Crippen LogP contribution in [0.4, 0.5) is 5.69 Å². The van der Waals surface area contributed by atoms with Crippen molar-refractivity contribution in [1.82, 2.24) is 4.98 Å². The fourth-order valence-electron chi connectivity index (χ4n) is 1.58. The molecule has 0 amide bonds. The van der Waals surface area contributed by atoms with E-state index in [9.17, 15) is 4.79 Å². The number of carboxylic acids is 1. The second-order valence-electron chi connectivity index (χ2n) is 3.83. The summed E-state index contributed by atoms with van der Waals surface area (Å²) in [4.78, 5) is 14.7. The molecule has 1 aromatic carbocycles. The summed E-state index contributed by atoms with van der Waals surface area (Å²) in [6, 6.07) is 7.08. The fraction of sp³-hybridized carbons (Fsp3) is 0.154. The summed E-state index contributed by atoms with van der Waals surface area (Å²) in [5.41, 5.74) is 1.87. The van der Waals surface area contributed by atoms with Crippen LogP contribution in [0.2, 0.25) is 0 Å². The van der Waals surface area contributed by atoms with E-state index in [0.29, 0.717) is 23.6 Å². The Kier molecular flexibility index (Phi) is 4.17. The number of aromatic carboxylic acids is 1. The molecule has 0 saturated heterocycles. The van der Waals surface area contributed by atoms with Gasteiger partial charge < -0.3 is 15.2 Å². The zero-order chi connectivity index (χ0) is 14.5. The van der Waals surface area contributed by atoms with Crippen molar-refractivity contribution in [3.8, 4) is 11.8 Å². The number of rotatable bonds is 5. The number of hydrogen-bond donors (Lipinski definition) is 2. The third-order valence-electron chi connectivity index (χ3n) is 2.53. The van der Waals surface area contributed by atoms with Crippen LogP contribution in [0.15, 0.2) is 23.6 Å². The van der Waals surface area contributed by atoms with Crippen LogP contribution in [0.25, 0.3) is 0 Å². The van der Waals surface area contributed by atoms with Crippen LogP contribution >= 0.6 is 11.3 Å². The largest absolute Gasteiger partial charge is 0.495 e. The van der Waals surface area contributed by atoms with E-state index in [4.69, 9.17) is 15.1 Å². The molecule has 0 fully saturated rings. The Balaban J connectivity index is 2.10. The van der Waals surface area contributed by atoms with E-state index >= 15 is 0 Å². The molecular weight excluding hydrogens is 278 g/mol. The Morgan fingerprint density at radius 2 is 2.40 bits per heavy atom. The van der Waals surface area contributed by atoms with E-state index in [1.165, 1.54) is 7.11 Å². The van der Waals surface area contributed by atoms with E-state index < -0.39 is 5.97 Å². The van der Waals surface area contributed by atoms with Gasteiger partial charge in [-0.25, -0.2) is 9.78 Å². The van der Waals surface area contributed by atoms with Crippen molar-refractivity contribution in [3.63, 3.8) is 0 Å². The monoisotopic (exact) mass is 289 g/mol. The first-order valence-electron chi connectivity index (χ1n) is 5.63. The molecule has 2 aromatic rings. The normalized spacial score (nSPS) is 9.80. The number of nitrogens with zero attached hydrogens (tertiary/aromatic N) is 2. The van der Waals surface area contributed by atoms with E-state index in [1.54, 1.807) is 23.6 Å². The average molecular weight is 289 g/mol. The highest BCUT2D eigenvalue weighted by molar-refractivity contribution is 7.11. The van der Waals surface area contributed by atoms with Gasteiger partial charge in [-0.2, -0.15) is 5.26 Å². The topological polar surface area (TPSA) is 95.2 Å². The molecule has 0 unspecified atom stereocenters. The predicted molar refractivity (Wildman–Crippen MR) is 74.1 cm³/mol. The van der Waals surface area contributed by atoms with Crippen LogP contribution in [0.1, 0.15) is 21.1 Å². The standard InChI is InChI=1S/C13H11N3O3S/c1-19-11-4-8(5-14)2-3-10(11)15-6-9-7-20-12(16-9)13(17)18/h2-4,7,15H,6H2,1H3,(H,17,18). The molecule has 20 heavy (non-hydrogen) atoms. The Morgan fingerprint density at radius 3 is 3.00 bits per heavy atom. The Hall–Kier alpha value is -2.59. The number of nitrogens with one attached hydrogen (secondary N) is 1. The highest BCUT2D eigenvalue weighted by atomic mass is 32.1. The van der Waals surface area contributed by atoms with Gasteiger partial charge in [-0.05, 0) is 12.1 Å². The molecule has 6 nitrogen and oxygen atoms in total. The molecule has 7 heteroatoms. The van der Waals surface area contributed by atoms with Gasteiger partial charge in [0.2, 0.25) is 5.01 Å². The van der Waals surface area contributed by atoms with E-state index in [0.717, 1.165) is 17.0 Å². The SMILES string of the molecule is COc1cc(C#N)ccc1NCc1csc(C(=O)O)n1. The first kappa shape index (κ1) is 13.8. The van der Waals surface area contributed by atoms with Gasteiger partial charge in [-0.1, -0.05) is 0 Å². The molecular formula is C13H11N3O3S. The number of methoxy groups -OCH3 is 1. The van der Waals surface area contributed by atoms with E-state index in [2.05, 4.69) is 10.3 Å². The van der Waals surface area contributed by atoms with Crippen LogP contribution in [0.3, 0.4) is 0 Å². The number of anilines is 1. The highest BCUT2D eigenvalue weighted by Crippen LogP contribution is 2.26. The maximum Gasteiger partial charge on any atom is 0.365 e. The van der Waals surface area contributed by atoms with Gasteiger partial charge in [-0.3, -0.25) is 0 Å². The number of thiazole rings is 1. The lowest BCUT2D eigenvalue weighted by Crippen LogP contribution is -2.03. The van der Waals surface area contributed by atoms with Crippen molar-refractivity contribution in [2.24, 2.45) is 0 Å². The van der Waals surface area contributed by atoms with Crippen molar-refractivity contribution < 1.29 is 14.6 Å². The smallest absolute Gasteiger partial charge is 0.365 e. The lowest BCUT2D eigenvalue weighted by atomic mass is 10.2. The molecule has 1 aromatic heterocycles.